The molecule has 1 heterocycles. The van der Waals surface area contributed by atoms with Gasteiger partial charge in [0.05, 0.1) is 11.3 Å². The SMILES string of the molecule is CC1CC(CN)CN1C(=O)c1ccccc1N(C)C(=O)C1CC1.Cl. The Morgan fingerprint density at radius 2 is 1.96 bits per heavy atom. The molecule has 1 aromatic carbocycles. The van der Waals surface area contributed by atoms with E-state index in [4.69, 9.17) is 5.73 Å². The molecule has 0 spiro atoms. The molecule has 5 nitrogen and oxygen atoms in total. The van der Waals surface area contributed by atoms with Crippen LogP contribution < -0.4 is 10.6 Å². The monoisotopic (exact) mass is 351 g/mol. The Morgan fingerprint density at radius 1 is 1.29 bits per heavy atom. The first-order chi connectivity index (χ1) is 11.0. The number of nitrogens with two attached hydrogens (primary N) is 1. The Bertz CT molecular complexity index is 618. The van der Waals surface area contributed by atoms with Gasteiger partial charge in [0, 0.05) is 25.6 Å². The van der Waals surface area contributed by atoms with E-state index in [2.05, 4.69) is 6.92 Å². The highest BCUT2D eigenvalue weighted by atomic mass is 35.5. The lowest BCUT2D eigenvalue weighted by Gasteiger charge is -2.25. The molecule has 1 aliphatic heterocycles. The van der Waals surface area contributed by atoms with Crippen LogP contribution in [0.2, 0.25) is 0 Å². The second kappa shape index (κ2) is 7.53. The van der Waals surface area contributed by atoms with Crippen LogP contribution in [-0.2, 0) is 4.79 Å². The predicted octanol–water partition coefficient (Wildman–Crippen LogP) is 2.29. The van der Waals surface area contributed by atoms with Gasteiger partial charge in [0.15, 0.2) is 0 Å². The molecular weight excluding hydrogens is 326 g/mol. The fraction of sp³-hybridized carbons (Fsp3) is 0.556. The molecule has 0 bridgehead atoms. The number of hydrogen-bond donors (Lipinski definition) is 1. The van der Waals surface area contributed by atoms with Crippen molar-refractivity contribution in [2.24, 2.45) is 17.6 Å². The minimum atomic E-state index is -0.000466. The highest BCUT2D eigenvalue weighted by Crippen LogP contribution is 2.34. The van der Waals surface area contributed by atoms with Crippen molar-refractivity contribution < 1.29 is 9.59 Å². The van der Waals surface area contributed by atoms with Gasteiger partial charge in [0.1, 0.15) is 0 Å². The average molecular weight is 352 g/mol. The Morgan fingerprint density at radius 3 is 2.54 bits per heavy atom. The summed E-state index contributed by atoms with van der Waals surface area (Å²) in [6, 6.07) is 7.59. The van der Waals surface area contributed by atoms with Gasteiger partial charge in [-0.2, -0.15) is 0 Å². The quantitative estimate of drug-likeness (QED) is 0.905. The number of amides is 2. The number of rotatable bonds is 4. The van der Waals surface area contributed by atoms with E-state index in [1.54, 1.807) is 11.9 Å². The number of para-hydroxylation sites is 1. The lowest BCUT2D eigenvalue weighted by molar-refractivity contribution is -0.119. The number of carbonyl (C=O) groups excluding carboxylic acids is 2. The van der Waals surface area contributed by atoms with Crippen molar-refractivity contribution in [2.75, 3.05) is 25.0 Å². The number of benzene rings is 1. The second-order valence-electron chi connectivity index (χ2n) is 6.83. The summed E-state index contributed by atoms with van der Waals surface area (Å²) >= 11 is 0. The molecule has 2 atom stereocenters. The van der Waals surface area contributed by atoms with E-state index >= 15 is 0 Å². The Kier molecular flexibility index (Phi) is 5.88. The van der Waals surface area contributed by atoms with E-state index < -0.39 is 0 Å². The maximum absolute atomic E-state index is 13.0. The minimum Gasteiger partial charge on any atom is -0.336 e. The van der Waals surface area contributed by atoms with Crippen molar-refractivity contribution in [2.45, 2.75) is 32.2 Å². The third kappa shape index (κ3) is 3.57. The van der Waals surface area contributed by atoms with Gasteiger partial charge in [-0.25, -0.2) is 0 Å². The van der Waals surface area contributed by atoms with Gasteiger partial charge in [0.2, 0.25) is 5.91 Å². The molecule has 3 rings (SSSR count). The summed E-state index contributed by atoms with van der Waals surface area (Å²) in [6.07, 6.45) is 2.86. The van der Waals surface area contributed by atoms with Crippen molar-refractivity contribution >= 4 is 29.9 Å². The zero-order valence-corrected chi connectivity index (χ0v) is 15.1. The zero-order chi connectivity index (χ0) is 16.6. The Balaban J connectivity index is 0.00000208. The molecule has 132 valence electrons. The van der Waals surface area contributed by atoms with Crippen molar-refractivity contribution in [3.63, 3.8) is 0 Å². The van der Waals surface area contributed by atoms with Crippen molar-refractivity contribution in [3.05, 3.63) is 29.8 Å². The van der Waals surface area contributed by atoms with Gasteiger partial charge in [-0.05, 0) is 50.8 Å². The highest BCUT2D eigenvalue weighted by molar-refractivity contribution is 6.05. The summed E-state index contributed by atoms with van der Waals surface area (Å²) in [6.45, 7) is 3.37. The van der Waals surface area contributed by atoms with Crippen LogP contribution in [0, 0.1) is 11.8 Å². The number of likely N-dealkylation sites (tertiary alicyclic amines) is 1. The van der Waals surface area contributed by atoms with Crippen LogP contribution in [0.3, 0.4) is 0 Å². The average Bonchev–Trinajstić information content (AvgIpc) is 3.35. The van der Waals surface area contributed by atoms with E-state index in [1.807, 2.05) is 29.2 Å². The molecule has 2 unspecified atom stereocenters. The molecule has 2 N–H and O–H groups in total. The van der Waals surface area contributed by atoms with Crippen LogP contribution in [0.4, 0.5) is 5.69 Å². The molecule has 6 heteroatoms. The molecule has 1 saturated carbocycles. The topological polar surface area (TPSA) is 66.6 Å². The van der Waals surface area contributed by atoms with Crippen LogP contribution in [0.25, 0.3) is 0 Å². The maximum atomic E-state index is 13.0. The molecule has 2 amide bonds. The van der Waals surface area contributed by atoms with Gasteiger partial charge in [-0.1, -0.05) is 12.1 Å². The lowest BCUT2D eigenvalue weighted by Crippen LogP contribution is -2.36. The van der Waals surface area contributed by atoms with Crippen LogP contribution in [0.1, 0.15) is 36.5 Å². The molecule has 0 aromatic heterocycles. The summed E-state index contributed by atoms with van der Waals surface area (Å²) in [5, 5.41) is 0. The van der Waals surface area contributed by atoms with E-state index in [-0.39, 0.29) is 36.2 Å². The normalized spacial score (nSPS) is 22.9. The van der Waals surface area contributed by atoms with E-state index in [0.29, 0.717) is 30.3 Å². The first-order valence-corrected chi connectivity index (χ1v) is 8.40. The van der Waals surface area contributed by atoms with E-state index in [9.17, 15) is 9.59 Å². The van der Waals surface area contributed by atoms with Crippen molar-refractivity contribution in [1.29, 1.82) is 0 Å². The van der Waals surface area contributed by atoms with Crippen LogP contribution >= 0.6 is 12.4 Å². The number of hydrogen-bond acceptors (Lipinski definition) is 3. The molecule has 2 aliphatic rings. The van der Waals surface area contributed by atoms with Crippen LogP contribution in [-0.4, -0.2) is 42.9 Å². The predicted molar refractivity (Wildman–Crippen MR) is 97.5 cm³/mol. The summed E-state index contributed by atoms with van der Waals surface area (Å²) < 4.78 is 0. The summed E-state index contributed by atoms with van der Waals surface area (Å²) in [5.41, 5.74) is 7.08. The Hall–Kier alpha value is -1.59. The first-order valence-electron chi connectivity index (χ1n) is 8.40. The van der Waals surface area contributed by atoms with Crippen molar-refractivity contribution in [1.82, 2.24) is 4.90 Å². The summed E-state index contributed by atoms with van der Waals surface area (Å²) in [7, 11) is 1.77. The maximum Gasteiger partial charge on any atom is 0.256 e. The molecule has 1 aromatic rings. The van der Waals surface area contributed by atoms with Gasteiger partial charge >= 0.3 is 0 Å². The van der Waals surface area contributed by atoms with Gasteiger partial charge in [-0.15, -0.1) is 12.4 Å². The summed E-state index contributed by atoms with van der Waals surface area (Å²) in [5.74, 6) is 0.612. The van der Waals surface area contributed by atoms with Gasteiger partial charge < -0.3 is 15.5 Å². The lowest BCUT2D eigenvalue weighted by atomic mass is 10.1. The van der Waals surface area contributed by atoms with Crippen LogP contribution in [0.5, 0.6) is 0 Å². The van der Waals surface area contributed by atoms with Gasteiger partial charge in [0.25, 0.3) is 5.91 Å². The molecule has 2 fully saturated rings. The van der Waals surface area contributed by atoms with E-state index in [0.717, 1.165) is 19.3 Å². The first kappa shape index (κ1) is 18.7. The summed E-state index contributed by atoms with van der Waals surface area (Å²) in [4.78, 5) is 28.9. The fourth-order valence-electron chi connectivity index (χ4n) is 3.42. The molecular formula is C18H26ClN3O2. The third-order valence-electron chi connectivity index (χ3n) is 5.01. The molecule has 1 saturated heterocycles. The smallest absolute Gasteiger partial charge is 0.256 e. The minimum absolute atomic E-state index is 0. The standard InChI is InChI=1S/C18H25N3O2.ClH/c1-12-9-13(10-19)11-21(12)18(23)15-5-3-4-6-16(15)20(2)17(22)14-7-8-14;/h3-6,12-14H,7-11,19H2,1-2H3;1H. The van der Waals surface area contributed by atoms with Crippen molar-refractivity contribution in [3.8, 4) is 0 Å². The molecule has 1 aliphatic carbocycles. The van der Waals surface area contributed by atoms with Gasteiger partial charge in [-0.3, -0.25) is 9.59 Å². The number of carbonyl (C=O) groups is 2. The largest absolute Gasteiger partial charge is 0.336 e. The fourth-order valence-corrected chi connectivity index (χ4v) is 3.42. The number of halogens is 1. The second-order valence-corrected chi connectivity index (χ2v) is 6.83. The molecule has 24 heavy (non-hydrogen) atoms. The molecule has 0 radical (unpaired) electrons. The highest BCUT2D eigenvalue weighted by Gasteiger charge is 2.36. The van der Waals surface area contributed by atoms with Crippen LogP contribution in [0.15, 0.2) is 24.3 Å². The van der Waals surface area contributed by atoms with E-state index in [1.165, 1.54) is 0 Å². The number of nitrogens with zero attached hydrogens (tertiary/aromatic N) is 2. The zero-order valence-electron chi connectivity index (χ0n) is 14.3. The Labute approximate surface area is 149 Å². The number of anilines is 1. The third-order valence-corrected chi connectivity index (χ3v) is 5.01.